The normalized spacial score (nSPS) is 19.2. The van der Waals surface area contributed by atoms with E-state index in [-0.39, 0.29) is 18.0 Å². The molecule has 4 rings (SSSR count). The molecule has 0 spiro atoms. The number of methoxy groups -OCH3 is 1. The van der Waals surface area contributed by atoms with Crippen LogP contribution < -0.4 is 15.5 Å². The SMILES string of the molecule is COc1ccccc1C=NNC(=O)[C@@H]1Cc2c([nH]c3ccccc23)[C@H](C)N1. The average molecular weight is 362 g/mol. The molecule has 1 aromatic heterocycles. The maximum absolute atomic E-state index is 12.6. The van der Waals surface area contributed by atoms with Crippen LogP contribution in [0.25, 0.3) is 10.9 Å². The van der Waals surface area contributed by atoms with Gasteiger partial charge in [-0.05, 0) is 37.1 Å². The van der Waals surface area contributed by atoms with E-state index in [9.17, 15) is 4.79 Å². The van der Waals surface area contributed by atoms with Crippen molar-refractivity contribution in [2.45, 2.75) is 25.4 Å². The summed E-state index contributed by atoms with van der Waals surface area (Å²) in [5.41, 5.74) is 6.91. The third-order valence-corrected chi connectivity index (χ3v) is 4.97. The first kappa shape index (κ1) is 17.3. The molecule has 2 aromatic carbocycles. The zero-order chi connectivity index (χ0) is 18.8. The van der Waals surface area contributed by atoms with Gasteiger partial charge in [-0.2, -0.15) is 5.10 Å². The fourth-order valence-electron chi connectivity index (χ4n) is 3.64. The summed E-state index contributed by atoms with van der Waals surface area (Å²) in [6.07, 6.45) is 2.22. The van der Waals surface area contributed by atoms with Gasteiger partial charge in [0, 0.05) is 28.2 Å². The van der Waals surface area contributed by atoms with Gasteiger partial charge in [-0.25, -0.2) is 5.43 Å². The first-order valence-electron chi connectivity index (χ1n) is 8.99. The number of amides is 1. The summed E-state index contributed by atoms with van der Waals surface area (Å²) >= 11 is 0. The van der Waals surface area contributed by atoms with E-state index in [1.54, 1.807) is 13.3 Å². The van der Waals surface area contributed by atoms with E-state index < -0.39 is 0 Å². The third kappa shape index (κ3) is 3.31. The van der Waals surface area contributed by atoms with Crippen molar-refractivity contribution in [1.29, 1.82) is 0 Å². The van der Waals surface area contributed by atoms with Crippen LogP contribution in [-0.4, -0.2) is 30.3 Å². The van der Waals surface area contributed by atoms with Crippen molar-refractivity contribution in [1.82, 2.24) is 15.7 Å². The molecule has 0 aliphatic carbocycles. The maximum atomic E-state index is 12.6. The second-order valence-corrected chi connectivity index (χ2v) is 6.68. The molecule has 3 aromatic rings. The van der Waals surface area contributed by atoms with Crippen LogP contribution in [0.2, 0.25) is 0 Å². The molecule has 0 unspecified atom stereocenters. The van der Waals surface area contributed by atoms with Gasteiger partial charge in [0.1, 0.15) is 5.75 Å². The second kappa shape index (κ2) is 7.25. The van der Waals surface area contributed by atoms with Crippen molar-refractivity contribution < 1.29 is 9.53 Å². The van der Waals surface area contributed by atoms with Crippen LogP contribution in [0.4, 0.5) is 0 Å². The molecule has 6 heteroatoms. The largest absolute Gasteiger partial charge is 0.496 e. The van der Waals surface area contributed by atoms with Crippen LogP contribution in [0.15, 0.2) is 53.6 Å². The van der Waals surface area contributed by atoms with Crippen LogP contribution in [0.3, 0.4) is 0 Å². The fourth-order valence-corrected chi connectivity index (χ4v) is 3.64. The minimum Gasteiger partial charge on any atom is -0.496 e. The Hall–Kier alpha value is -3.12. The van der Waals surface area contributed by atoms with Crippen molar-refractivity contribution in [2.75, 3.05) is 7.11 Å². The lowest BCUT2D eigenvalue weighted by atomic mass is 9.94. The van der Waals surface area contributed by atoms with E-state index in [1.807, 2.05) is 36.4 Å². The fraction of sp³-hybridized carbons (Fsp3) is 0.238. The molecule has 0 bridgehead atoms. The topological polar surface area (TPSA) is 78.5 Å². The molecular formula is C21H22N4O2. The van der Waals surface area contributed by atoms with Crippen LogP contribution in [0.1, 0.15) is 29.8 Å². The van der Waals surface area contributed by atoms with E-state index >= 15 is 0 Å². The van der Waals surface area contributed by atoms with Crippen molar-refractivity contribution in [2.24, 2.45) is 5.10 Å². The molecule has 0 saturated carbocycles. The summed E-state index contributed by atoms with van der Waals surface area (Å²) in [6.45, 7) is 2.06. The second-order valence-electron chi connectivity index (χ2n) is 6.68. The number of para-hydroxylation sites is 2. The number of aromatic nitrogens is 1. The molecule has 6 nitrogen and oxygen atoms in total. The van der Waals surface area contributed by atoms with Gasteiger partial charge in [-0.1, -0.05) is 30.3 Å². The van der Waals surface area contributed by atoms with Crippen molar-refractivity contribution in [3.8, 4) is 5.75 Å². The lowest BCUT2D eigenvalue weighted by molar-refractivity contribution is -0.123. The molecule has 3 N–H and O–H groups in total. The van der Waals surface area contributed by atoms with E-state index in [0.717, 1.165) is 16.8 Å². The first-order chi connectivity index (χ1) is 13.2. The molecule has 1 aliphatic rings. The molecular weight excluding hydrogens is 340 g/mol. The zero-order valence-electron chi connectivity index (χ0n) is 15.3. The summed E-state index contributed by atoms with van der Waals surface area (Å²) in [5, 5.41) is 8.64. The number of carbonyl (C=O) groups is 1. The number of hydrogen-bond donors (Lipinski definition) is 3. The van der Waals surface area contributed by atoms with Crippen LogP contribution in [-0.2, 0) is 11.2 Å². The summed E-state index contributed by atoms with van der Waals surface area (Å²) < 4.78 is 5.28. The lowest BCUT2D eigenvalue weighted by Crippen LogP contribution is -2.47. The highest BCUT2D eigenvalue weighted by atomic mass is 16.5. The molecule has 27 heavy (non-hydrogen) atoms. The van der Waals surface area contributed by atoms with Gasteiger partial charge < -0.3 is 9.72 Å². The maximum Gasteiger partial charge on any atom is 0.257 e. The van der Waals surface area contributed by atoms with E-state index in [4.69, 9.17) is 4.74 Å². The predicted molar refractivity (Wildman–Crippen MR) is 106 cm³/mol. The van der Waals surface area contributed by atoms with Gasteiger partial charge in [0.15, 0.2) is 0 Å². The Bertz CT molecular complexity index is 1010. The Morgan fingerprint density at radius 3 is 2.85 bits per heavy atom. The summed E-state index contributed by atoms with van der Waals surface area (Å²) in [6, 6.07) is 15.4. The van der Waals surface area contributed by atoms with Gasteiger partial charge in [0.2, 0.25) is 0 Å². The number of H-pyrrole nitrogens is 1. The number of carbonyl (C=O) groups excluding carboxylic acids is 1. The third-order valence-electron chi connectivity index (χ3n) is 4.97. The summed E-state index contributed by atoms with van der Waals surface area (Å²) in [7, 11) is 1.61. The van der Waals surface area contributed by atoms with Gasteiger partial charge in [-0.3, -0.25) is 10.1 Å². The first-order valence-corrected chi connectivity index (χ1v) is 8.99. The number of rotatable bonds is 4. The number of hydrazone groups is 1. The molecule has 0 saturated heterocycles. The van der Waals surface area contributed by atoms with Gasteiger partial charge in [0.05, 0.1) is 19.4 Å². The Kier molecular flexibility index (Phi) is 4.64. The highest BCUT2D eigenvalue weighted by Crippen LogP contribution is 2.31. The van der Waals surface area contributed by atoms with Gasteiger partial charge >= 0.3 is 0 Å². The molecule has 138 valence electrons. The molecule has 0 radical (unpaired) electrons. The van der Waals surface area contributed by atoms with Gasteiger partial charge in [0.25, 0.3) is 5.91 Å². The van der Waals surface area contributed by atoms with E-state index in [0.29, 0.717) is 12.2 Å². The molecule has 2 heterocycles. The molecule has 1 aliphatic heterocycles. The zero-order valence-corrected chi connectivity index (χ0v) is 15.3. The molecule has 1 amide bonds. The Morgan fingerprint density at radius 1 is 1.22 bits per heavy atom. The van der Waals surface area contributed by atoms with E-state index in [2.05, 4.69) is 39.9 Å². The highest BCUT2D eigenvalue weighted by Gasteiger charge is 2.30. The van der Waals surface area contributed by atoms with Crippen LogP contribution in [0.5, 0.6) is 5.75 Å². The van der Waals surface area contributed by atoms with Crippen LogP contribution in [0, 0.1) is 0 Å². The number of fused-ring (bicyclic) bond motifs is 3. The standard InChI is InChI=1S/C21H22N4O2/c1-13-20-16(15-8-4-5-9-17(15)24-20)11-18(23-13)21(26)25-22-12-14-7-3-6-10-19(14)27-2/h3-10,12-13,18,23-24H,11H2,1-2H3,(H,25,26)/t13-,18-/m0/s1. The summed E-state index contributed by atoms with van der Waals surface area (Å²) in [5.74, 6) is 0.562. The molecule has 2 atom stereocenters. The van der Waals surface area contributed by atoms with Crippen LogP contribution >= 0.6 is 0 Å². The average Bonchev–Trinajstić information content (AvgIpc) is 3.08. The lowest BCUT2D eigenvalue weighted by Gasteiger charge is -2.27. The highest BCUT2D eigenvalue weighted by molar-refractivity contribution is 5.89. The quantitative estimate of drug-likeness (QED) is 0.493. The van der Waals surface area contributed by atoms with Crippen molar-refractivity contribution in [3.63, 3.8) is 0 Å². The molecule has 0 fully saturated rings. The predicted octanol–water partition coefficient (Wildman–Crippen LogP) is 2.90. The van der Waals surface area contributed by atoms with Crippen molar-refractivity contribution in [3.05, 3.63) is 65.4 Å². The van der Waals surface area contributed by atoms with E-state index in [1.165, 1.54) is 10.9 Å². The minimum absolute atomic E-state index is 0.0649. The Labute approximate surface area is 157 Å². The summed E-state index contributed by atoms with van der Waals surface area (Å²) in [4.78, 5) is 16.1. The Morgan fingerprint density at radius 2 is 2.00 bits per heavy atom. The minimum atomic E-state index is -0.332. The smallest absolute Gasteiger partial charge is 0.257 e. The Balaban J connectivity index is 1.49. The number of nitrogens with one attached hydrogen (secondary N) is 3. The number of hydrogen-bond acceptors (Lipinski definition) is 4. The monoisotopic (exact) mass is 362 g/mol. The number of aromatic amines is 1. The number of ether oxygens (including phenoxy) is 1. The van der Waals surface area contributed by atoms with Gasteiger partial charge in [-0.15, -0.1) is 0 Å². The number of benzene rings is 2. The van der Waals surface area contributed by atoms with Crippen molar-refractivity contribution >= 4 is 23.0 Å². The number of nitrogens with zero attached hydrogens (tertiary/aromatic N) is 1.